The average Bonchev–Trinajstić information content (AvgIpc) is 3.01. The minimum absolute atomic E-state index is 0.0866. The molecule has 0 aliphatic carbocycles. The Bertz CT molecular complexity index is 977. The van der Waals surface area contributed by atoms with E-state index in [4.69, 9.17) is 5.73 Å². The molecule has 3 N–H and O–H groups in total. The van der Waals surface area contributed by atoms with Crippen molar-refractivity contribution >= 4 is 23.2 Å². The molecule has 0 atom stereocenters. The number of nitrogens with two attached hydrogens (primary N) is 1. The Labute approximate surface area is 162 Å². The molecule has 0 radical (unpaired) electrons. The molecule has 1 aromatic heterocycles. The van der Waals surface area contributed by atoms with Gasteiger partial charge in [0.2, 0.25) is 11.8 Å². The Balaban J connectivity index is 1.69. The van der Waals surface area contributed by atoms with Crippen LogP contribution in [0.15, 0.2) is 48.5 Å². The monoisotopic (exact) mass is 379 g/mol. The summed E-state index contributed by atoms with van der Waals surface area (Å²) >= 11 is 1.54. The molecule has 2 amide bonds. The van der Waals surface area contributed by atoms with E-state index in [9.17, 15) is 9.59 Å². The quantitative estimate of drug-likeness (QED) is 0.688. The summed E-state index contributed by atoms with van der Waals surface area (Å²) in [4.78, 5) is 29.2. The highest BCUT2D eigenvalue weighted by atomic mass is 32.1. The Hall–Kier alpha value is -2.99. The smallest absolute Gasteiger partial charge is 0.248 e. The molecule has 3 aromatic rings. The lowest BCUT2D eigenvalue weighted by Crippen LogP contribution is -2.24. The van der Waals surface area contributed by atoms with Crippen LogP contribution in [-0.4, -0.2) is 16.8 Å². The maximum atomic E-state index is 12.4. The number of hydrogen-bond donors (Lipinski definition) is 2. The van der Waals surface area contributed by atoms with Crippen LogP contribution in [0.1, 0.15) is 31.4 Å². The second-order valence-corrected chi connectivity index (χ2v) is 7.68. The molecule has 0 spiro atoms. The lowest BCUT2D eigenvalue weighted by Gasteiger charge is -2.07. The summed E-state index contributed by atoms with van der Waals surface area (Å²) in [5.74, 6) is -0.567. The van der Waals surface area contributed by atoms with E-state index in [1.807, 2.05) is 44.2 Å². The number of benzene rings is 2. The first-order valence-electron chi connectivity index (χ1n) is 8.61. The SMILES string of the molecule is Cc1ccc(-c2nc(C)sc2CC(=O)NCc2cccc(C(N)=O)c2)cc1. The molecule has 3 rings (SSSR count). The van der Waals surface area contributed by atoms with Crippen molar-refractivity contribution in [2.45, 2.75) is 26.8 Å². The van der Waals surface area contributed by atoms with Crippen molar-refractivity contribution in [2.75, 3.05) is 0 Å². The Morgan fingerprint density at radius 1 is 1.11 bits per heavy atom. The Morgan fingerprint density at radius 3 is 2.56 bits per heavy atom. The van der Waals surface area contributed by atoms with Gasteiger partial charge in [0.25, 0.3) is 0 Å². The minimum Gasteiger partial charge on any atom is -0.366 e. The van der Waals surface area contributed by atoms with Crippen molar-refractivity contribution in [1.82, 2.24) is 10.3 Å². The molecule has 2 aromatic carbocycles. The van der Waals surface area contributed by atoms with Gasteiger partial charge < -0.3 is 11.1 Å². The van der Waals surface area contributed by atoms with Gasteiger partial charge in [-0.25, -0.2) is 4.98 Å². The van der Waals surface area contributed by atoms with E-state index in [1.165, 1.54) is 16.9 Å². The molecular formula is C21H21N3O2S. The first-order valence-corrected chi connectivity index (χ1v) is 9.43. The average molecular weight is 379 g/mol. The third kappa shape index (κ3) is 4.80. The largest absolute Gasteiger partial charge is 0.366 e. The number of carbonyl (C=O) groups excluding carboxylic acids is 2. The van der Waals surface area contributed by atoms with Gasteiger partial charge in [0.05, 0.1) is 17.1 Å². The molecule has 0 unspecified atom stereocenters. The van der Waals surface area contributed by atoms with Gasteiger partial charge in [0.15, 0.2) is 0 Å². The van der Waals surface area contributed by atoms with E-state index in [-0.39, 0.29) is 12.3 Å². The third-order valence-corrected chi connectivity index (χ3v) is 5.12. The van der Waals surface area contributed by atoms with Crippen molar-refractivity contribution in [3.8, 4) is 11.3 Å². The van der Waals surface area contributed by atoms with E-state index < -0.39 is 5.91 Å². The fraction of sp³-hybridized carbons (Fsp3) is 0.190. The second kappa shape index (κ2) is 8.14. The number of aromatic nitrogens is 1. The van der Waals surface area contributed by atoms with Crippen molar-refractivity contribution in [3.63, 3.8) is 0 Å². The molecule has 0 aliphatic rings. The molecule has 0 aliphatic heterocycles. The molecule has 27 heavy (non-hydrogen) atoms. The number of thiazole rings is 1. The summed E-state index contributed by atoms with van der Waals surface area (Å²) in [6.07, 6.45) is 0.268. The number of nitrogens with zero attached hydrogens (tertiary/aromatic N) is 1. The predicted molar refractivity (Wildman–Crippen MR) is 108 cm³/mol. The van der Waals surface area contributed by atoms with Gasteiger partial charge in [0.1, 0.15) is 0 Å². The van der Waals surface area contributed by atoms with Crippen LogP contribution < -0.4 is 11.1 Å². The highest BCUT2D eigenvalue weighted by molar-refractivity contribution is 7.12. The summed E-state index contributed by atoms with van der Waals surface area (Å²) in [6, 6.07) is 15.1. The summed E-state index contributed by atoms with van der Waals surface area (Å²) in [5.41, 5.74) is 9.62. The minimum atomic E-state index is -0.481. The molecule has 6 heteroatoms. The van der Waals surface area contributed by atoms with Crippen molar-refractivity contribution in [3.05, 3.63) is 75.1 Å². The van der Waals surface area contributed by atoms with Crippen LogP contribution in [0.3, 0.4) is 0 Å². The number of hydrogen-bond acceptors (Lipinski definition) is 4. The molecular weight excluding hydrogens is 358 g/mol. The van der Waals surface area contributed by atoms with Gasteiger partial charge in [-0.2, -0.15) is 0 Å². The van der Waals surface area contributed by atoms with Gasteiger partial charge in [0, 0.05) is 22.5 Å². The van der Waals surface area contributed by atoms with Gasteiger partial charge >= 0.3 is 0 Å². The van der Waals surface area contributed by atoms with Gasteiger partial charge in [-0.1, -0.05) is 42.0 Å². The van der Waals surface area contributed by atoms with Crippen LogP contribution in [0, 0.1) is 13.8 Å². The standard InChI is InChI=1S/C21H21N3O2S/c1-13-6-8-16(9-7-13)20-18(27-14(2)24-20)11-19(25)23-12-15-4-3-5-17(10-15)21(22)26/h3-10H,11-12H2,1-2H3,(H2,22,26)(H,23,25). The number of aryl methyl sites for hydroxylation is 2. The van der Waals surface area contributed by atoms with Gasteiger partial charge in [-0.05, 0) is 31.5 Å². The van der Waals surface area contributed by atoms with Crippen molar-refractivity contribution in [2.24, 2.45) is 5.73 Å². The van der Waals surface area contributed by atoms with Crippen LogP contribution in [0.4, 0.5) is 0 Å². The number of rotatable bonds is 6. The molecule has 0 fully saturated rings. The predicted octanol–water partition coefficient (Wildman–Crippen LogP) is 3.38. The summed E-state index contributed by atoms with van der Waals surface area (Å²) in [6.45, 7) is 4.33. The molecule has 1 heterocycles. The summed E-state index contributed by atoms with van der Waals surface area (Å²) in [5, 5.41) is 3.83. The molecule has 138 valence electrons. The maximum Gasteiger partial charge on any atom is 0.248 e. The fourth-order valence-electron chi connectivity index (χ4n) is 2.77. The normalized spacial score (nSPS) is 10.6. The first kappa shape index (κ1) is 18.8. The van der Waals surface area contributed by atoms with Crippen molar-refractivity contribution in [1.29, 1.82) is 0 Å². The highest BCUT2D eigenvalue weighted by Crippen LogP contribution is 2.28. The highest BCUT2D eigenvalue weighted by Gasteiger charge is 2.15. The molecule has 0 saturated heterocycles. The molecule has 0 saturated carbocycles. The number of nitrogens with one attached hydrogen (secondary N) is 1. The topological polar surface area (TPSA) is 85.1 Å². The van der Waals surface area contributed by atoms with Crippen LogP contribution >= 0.6 is 11.3 Å². The zero-order valence-electron chi connectivity index (χ0n) is 15.3. The maximum absolute atomic E-state index is 12.4. The zero-order chi connectivity index (χ0) is 19.4. The van der Waals surface area contributed by atoms with Crippen LogP contribution in [0.5, 0.6) is 0 Å². The lowest BCUT2D eigenvalue weighted by molar-refractivity contribution is -0.120. The zero-order valence-corrected chi connectivity index (χ0v) is 16.1. The number of carbonyl (C=O) groups is 2. The Kier molecular flexibility index (Phi) is 5.66. The van der Waals surface area contributed by atoms with E-state index >= 15 is 0 Å². The summed E-state index contributed by atoms with van der Waals surface area (Å²) in [7, 11) is 0. The Morgan fingerprint density at radius 2 is 1.85 bits per heavy atom. The molecule has 5 nitrogen and oxygen atoms in total. The van der Waals surface area contributed by atoms with E-state index in [0.717, 1.165) is 26.7 Å². The van der Waals surface area contributed by atoms with Crippen LogP contribution in [0.25, 0.3) is 11.3 Å². The third-order valence-electron chi connectivity index (χ3n) is 4.15. The van der Waals surface area contributed by atoms with E-state index in [0.29, 0.717) is 12.1 Å². The van der Waals surface area contributed by atoms with E-state index in [2.05, 4.69) is 10.3 Å². The van der Waals surface area contributed by atoms with E-state index in [1.54, 1.807) is 18.2 Å². The fourth-order valence-corrected chi connectivity index (χ4v) is 3.73. The number of amides is 2. The molecule has 0 bridgehead atoms. The van der Waals surface area contributed by atoms with Crippen LogP contribution in [0.2, 0.25) is 0 Å². The first-order chi connectivity index (χ1) is 12.9. The van der Waals surface area contributed by atoms with Crippen molar-refractivity contribution < 1.29 is 9.59 Å². The van der Waals surface area contributed by atoms with Crippen LogP contribution in [-0.2, 0) is 17.8 Å². The van der Waals surface area contributed by atoms with Gasteiger partial charge in [-0.15, -0.1) is 11.3 Å². The van der Waals surface area contributed by atoms with Gasteiger partial charge in [-0.3, -0.25) is 9.59 Å². The summed E-state index contributed by atoms with van der Waals surface area (Å²) < 4.78 is 0. The lowest BCUT2D eigenvalue weighted by atomic mass is 10.1. The second-order valence-electron chi connectivity index (χ2n) is 6.39. The number of primary amides is 1.